The molecular formula is C17H20O4. The van der Waals surface area contributed by atoms with E-state index in [2.05, 4.69) is 0 Å². The Labute approximate surface area is 124 Å². The SMILES string of the molecule is COc1ccc(COc2ccccc2[C@H](C)O)cc1OC. The van der Waals surface area contributed by atoms with Crippen LogP contribution in [-0.2, 0) is 6.61 Å². The molecule has 112 valence electrons. The zero-order valence-corrected chi connectivity index (χ0v) is 12.5. The quantitative estimate of drug-likeness (QED) is 0.885. The van der Waals surface area contributed by atoms with Crippen LogP contribution in [0.2, 0.25) is 0 Å². The van der Waals surface area contributed by atoms with Gasteiger partial charge in [-0.05, 0) is 30.7 Å². The molecule has 1 atom stereocenters. The molecule has 0 fully saturated rings. The maximum Gasteiger partial charge on any atom is 0.161 e. The number of benzene rings is 2. The van der Waals surface area contributed by atoms with Crippen LogP contribution in [-0.4, -0.2) is 19.3 Å². The average molecular weight is 288 g/mol. The van der Waals surface area contributed by atoms with Crippen molar-refractivity contribution in [2.24, 2.45) is 0 Å². The fourth-order valence-electron chi connectivity index (χ4n) is 2.09. The maximum absolute atomic E-state index is 9.74. The van der Waals surface area contributed by atoms with Crippen LogP contribution in [0.15, 0.2) is 42.5 Å². The molecule has 0 aliphatic carbocycles. The Balaban J connectivity index is 2.13. The number of ether oxygens (including phenoxy) is 3. The van der Waals surface area contributed by atoms with Crippen molar-refractivity contribution >= 4 is 0 Å². The van der Waals surface area contributed by atoms with Gasteiger partial charge in [0.05, 0.1) is 20.3 Å². The summed E-state index contributed by atoms with van der Waals surface area (Å²) >= 11 is 0. The van der Waals surface area contributed by atoms with Crippen LogP contribution < -0.4 is 14.2 Å². The summed E-state index contributed by atoms with van der Waals surface area (Å²) < 4.78 is 16.3. The van der Waals surface area contributed by atoms with E-state index >= 15 is 0 Å². The summed E-state index contributed by atoms with van der Waals surface area (Å²) in [5, 5.41) is 9.74. The highest BCUT2D eigenvalue weighted by Gasteiger charge is 2.09. The van der Waals surface area contributed by atoms with Gasteiger partial charge in [0.2, 0.25) is 0 Å². The lowest BCUT2D eigenvalue weighted by molar-refractivity contribution is 0.190. The number of hydrogen-bond donors (Lipinski definition) is 1. The summed E-state index contributed by atoms with van der Waals surface area (Å²) in [4.78, 5) is 0. The van der Waals surface area contributed by atoms with Gasteiger partial charge in [-0.15, -0.1) is 0 Å². The summed E-state index contributed by atoms with van der Waals surface area (Å²) in [6.45, 7) is 2.11. The molecule has 21 heavy (non-hydrogen) atoms. The molecule has 0 saturated carbocycles. The molecule has 2 aromatic rings. The van der Waals surface area contributed by atoms with Gasteiger partial charge in [-0.1, -0.05) is 24.3 Å². The number of para-hydroxylation sites is 1. The van der Waals surface area contributed by atoms with Crippen molar-refractivity contribution in [3.05, 3.63) is 53.6 Å². The Morgan fingerprint density at radius 3 is 2.33 bits per heavy atom. The molecular weight excluding hydrogens is 268 g/mol. The van der Waals surface area contributed by atoms with E-state index in [9.17, 15) is 5.11 Å². The third-order valence-corrected chi connectivity index (χ3v) is 3.21. The minimum absolute atomic E-state index is 0.393. The Bertz CT molecular complexity index is 593. The number of methoxy groups -OCH3 is 2. The minimum atomic E-state index is -0.563. The van der Waals surface area contributed by atoms with Crippen molar-refractivity contribution in [2.45, 2.75) is 19.6 Å². The standard InChI is InChI=1S/C17H20O4/c1-12(18)14-6-4-5-7-15(14)21-11-13-8-9-16(19-2)17(10-13)20-3/h4-10,12,18H,11H2,1-3H3/t12-/m0/s1. The molecule has 0 unspecified atom stereocenters. The lowest BCUT2D eigenvalue weighted by atomic mass is 10.1. The third kappa shape index (κ3) is 3.67. The van der Waals surface area contributed by atoms with Crippen molar-refractivity contribution in [1.29, 1.82) is 0 Å². The van der Waals surface area contributed by atoms with Gasteiger partial charge >= 0.3 is 0 Å². The molecule has 0 spiro atoms. The van der Waals surface area contributed by atoms with Gasteiger partial charge < -0.3 is 19.3 Å². The van der Waals surface area contributed by atoms with E-state index in [1.165, 1.54) is 0 Å². The van der Waals surface area contributed by atoms with E-state index < -0.39 is 6.10 Å². The van der Waals surface area contributed by atoms with Crippen LogP contribution >= 0.6 is 0 Å². The van der Waals surface area contributed by atoms with E-state index in [1.807, 2.05) is 42.5 Å². The fourth-order valence-corrected chi connectivity index (χ4v) is 2.09. The van der Waals surface area contributed by atoms with Gasteiger partial charge in [0.1, 0.15) is 12.4 Å². The van der Waals surface area contributed by atoms with E-state index in [0.29, 0.717) is 23.9 Å². The Morgan fingerprint density at radius 2 is 1.67 bits per heavy atom. The van der Waals surface area contributed by atoms with Gasteiger partial charge in [-0.25, -0.2) is 0 Å². The van der Waals surface area contributed by atoms with Crippen LogP contribution in [0.1, 0.15) is 24.2 Å². The van der Waals surface area contributed by atoms with Crippen molar-refractivity contribution in [1.82, 2.24) is 0 Å². The van der Waals surface area contributed by atoms with Crippen LogP contribution in [0, 0.1) is 0 Å². The molecule has 0 heterocycles. The monoisotopic (exact) mass is 288 g/mol. The summed E-state index contributed by atoms with van der Waals surface area (Å²) in [7, 11) is 3.21. The van der Waals surface area contributed by atoms with Crippen molar-refractivity contribution < 1.29 is 19.3 Å². The Kier molecular flexibility index (Phi) is 5.06. The van der Waals surface area contributed by atoms with Gasteiger partial charge in [-0.3, -0.25) is 0 Å². The molecule has 1 N–H and O–H groups in total. The normalized spacial score (nSPS) is 11.8. The molecule has 0 saturated heterocycles. The maximum atomic E-state index is 9.74. The molecule has 2 rings (SSSR count). The van der Waals surface area contributed by atoms with E-state index in [-0.39, 0.29) is 0 Å². The molecule has 4 nitrogen and oxygen atoms in total. The van der Waals surface area contributed by atoms with Crippen LogP contribution in [0.4, 0.5) is 0 Å². The Hall–Kier alpha value is -2.20. The lowest BCUT2D eigenvalue weighted by Gasteiger charge is -2.14. The van der Waals surface area contributed by atoms with Crippen molar-refractivity contribution in [3.63, 3.8) is 0 Å². The second-order valence-electron chi connectivity index (χ2n) is 4.69. The van der Waals surface area contributed by atoms with Crippen molar-refractivity contribution in [3.8, 4) is 17.2 Å². The molecule has 0 bridgehead atoms. The molecule has 4 heteroatoms. The first-order valence-corrected chi connectivity index (χ1v) is 6.76. The fraction of sp³-hybridized carbons (Fsp3) is 0.294. The van der Waals surface area contributed by atoms with Crippen LogP contribution in [0.3, 0.4) is 0 Å². The van der Waals surface area contributed by atoms with Gasteiger partial charge in [0.15, 0.2) is 11.5 Å². The van der Waals surface area contributed by atoms with Crippen LogP contribution in [0.5, 0.6) is 17.2 Å². The van der Waals surface area contributed by atoms with Gasteiger partial charge in [-0.2, -0.15) is 0 Å². The van der Waals surface area contributed by atoms with Crippen molar-refractivity contribution in [2.75, 3.05) is 14.2 Å². The third-order valence-electron chi connectivity index (χ3n) is 3.21. The predicted molar refractivity (Wildman–Crippen MR) is 81.0 cm³/mol. The molecule has 0 aliphatic heterocycles. The highest BCUT2D eigenvalue weighted by atomic mass is 16.5. The second-order valence-corrected chi connectivity index (χ2v) is 4.69. The summed E-state index contributed by atoms with van der Waals surface area (Å²) in [5.41, 5.74) is 1.74. The van der Waals surface area contributed by atoms with E-state index in [4.69, 9.17) is 14.2 Å². The molecule has 2 aromatic carbocycles. The average Bonchev–Trinajstić information content (AvgIpc) is 2.52. The van der Waals surface area contributed by atoms with Gasteiger partial charge in [0, 0.05) is 5.56 Å². The van der Waals surface area contributed by atoms with E-state index in [1.54, 1.807) is 21.1 Å². The number of rotatable bonds is 6. The highest BCUT2D eigenvalue weighted by Crippen LogP contribution is 2.29. The summed E-state index contributed by atoms with van der Waals surface area (Å²) in [6, 6.07) is 13.1. The molecule has 0 amide bonds. The first-order valence-electron chi connectivity index (χ1n) is 6.76. The molecule has 0 radical (unpaired) electrons. The van der Waals surface area contributed by atoms with E-state index in [0.717, 1.165) is 11.1 Å². The smallest absolute Gasteiger partial charge is 0.161 e. The molecule has 0 aromatic heterocycles. The lowest BCUT2D eigenvalue weighted by Crippen LogP contribution is -2.01. The largest absolute Gasteiger partial charge is 0.493 e. The molecule has 0 aliphatic rings. The zero-order valence-electron chi connectivity index (χ0n) is 12.5. The summed E-state index contributed by atoms with van der Waals surface area (Å²) in [6.07, 6.45) is -0.563. The van der Waals surface area contributed by atoms with Gasteiger partial charge in [0.25, 0.3) is 0 Å². The minimum Gasteiger partial charge on any atom is -0.493 e. The number of aliphatic hydroxyl groups is 1. The topological polar surface area (TPSA) is 47.9 Å². The first-order chi connectivity index (χ1) is 10.2. The van der Waals surface area contributed by atoms with Crippen LogP contribution in [0.25, 0.3) is 0 Å². The highest BCUT2D eigenvalue weighted by molar-refractivity contribution is 5.43. The second kappa shape index (κ2) is 6.99. The number of hydrogen-bond acceptors (Lipinski definition) is 4. The zero-order chi connectivity index (χ0) is 15.2. The first kappa shape index (κ1) is 15.2. The predicted octanol–water partition coefficient (Wildman–Crippen LogP) is 3.34. The summed E-state index contributed by atoms with van der Waals surface area (Å²) in [5.74, 6) is 2.04. The number of aliphatic hydroxyl groups excluding tert-OH is 1. The Morgan fingerprint density at radius 1 is 0.952 bits per heavy atom.